The van der Waals surface area contributed by atoms with E-state index in [2.05, 4.69) is 0 Å². The summed E-state index contributed by atoms with van der Waals surface area (Å²) in [5.74, 6) is 0.161. The van der Waals surface area contributed by atoms with E-state index in [9.17, 15) is 0 Å². The first-order valence-corrected chi connectivity index (χ1v) is 4.00. The fraction of sp³-hybridized carbons (Fsp3) is 0.857. The maximum Gasteiger partial charge on any atom is 0.105 e. The number of morpholine rings is 1. The Morgan fingerprint density at radius 2 is 2.50 bits per heavy atom. The molecule has 1 atom stereocenters. The van der Waals surface area contributed by atoms with Gasteiger partial charge in [-0.25, -0.2) is 0 Å². The number of nitrogens with one attached hydrogen (secondary N) is 1. The first kappa shape index (κ1) is 9.44. The average molecular weight is 173 g/mol. The maximum atomic E-state index is 8.81. The summed E-state index contributed by atoms with van der Waals surface area (Å²) in [7, 11) is 0. The zero-order valence-corrected chi connectivity index (χ0v) is 6.99. The topological polar surface area (TPSA) is 82.6 Å². The number of hydrogen-bond donors (Lipinski definition) is 3. The zero-order chi connectivity index (χ0) is 8.97. The van der Waals surface area contributed by atoms with Crippen molar-refractivity contribution in [2.45, 2.75) is 6.10 Å². The van der Waals surface area contributed by atoms with Crippen LogP contribution in [0.4, 0.5) is 0 Å². The van der Waals surface area contributed by atoms with E-state index in [1.165, 1.54) is 0 Å². The Balaban J connectivity index is 2.30. The van der Waals surface area contributed by atoms with Gasteiger partial charge >= 0.3 is 0 Å². The molecule has 0 radical (unpaired) electrons. The van der Waals surface area contributed by atoms with Gasteiger partial charge in [-0.15, -0.1) is 0 Å². The highest BCUT2D eigenvalue weighted by atomic mass is 16.5. The van der Waals surface area contributed by atoms with Crippen molar-refractivity contribution in [3.05, 3.63) is 0 Å². The van der Waals surface area contributed by atoms with E-state index in [0.717, 1.165) is 6.54 Å². The first-order chi connectivity index (χ1) is 5.72. The number of nitrogens with two attached hydrogens (primary N) is 1. The van der Waals surface area contributed by atoms with Crippen LogP contribution >= 0.6 is 0 Å². The highest BCUT2D eigenvalue weighted by molar-refractivity contribution is 5.78. The summed E-state index contributed by atoms with van der Waals surface area (Å²) in [4.78, 5) is 2.01. The van der Waals surface area contributed by atoms with Crippen LogP contribution in [0.2, 0.25) is 0 Å². The van der Waals surface area contributed by atoms with Crippen LogP contribution in [-0.2, 0) is 4.74 Å². The molecule has 0 aromatic rings. The van der Waals surface area contributed by atoms with E-state index >= 15 is 0 Å². The predicted molar refractivity (Wildman–Crippen MR) is 45.2 cm³/mol. The highest BCUT2D eigenvalue weighted by Crippen LogP contribution is 2.03. The Morgan fingerprint density at radius 3 is 3.08 bits per heavy atom. The Morgan fingerprint density at radius 1 is 1.75 bits per heavy atom. The van der Waals surface area contributed by atoms with Crippen LogP contribution in [0, 0.1) is 5.41 Å². The first-order valence-electron chi connectivity index (χ1n) is 4.00. The van der Waals surface area contributed by atoms with Gasteiger partial charge in [0.2, 0.25) is 0 Å². The Hall–Kier alpha value is -0.650. The molecule has 0 spiro atoms. The van der Waals surface area contributed by atoms with E-state index < -0.39 is 0 Å². The molecule has 5 nitrogen and oxygen atoms in total. The molecule has 5 heteroatoms. The van der Waals surface area contributed by atoms with Crippen molar-refractivity contribution in [1.29, 1.82) is 5.41 Å². The quantitative estimate of drug-likeness (QED) is 0.363. The molecule has 1 rings (SSSR count). The molecule has 1 heterocycles. The van der Waals surface area contributed by atoms with Crippen LogP contribution in [-0.4, -0.2) is 54.8 Å². The number of rotatable bonds is 3. The van der Waals surface area contributed by atoms with Crippen LogP contribution in [0.3, 0.4) is 0 Å². The van der Waals surface area contributed by atoms with Gasteiger partial charge in [-0.3, -0.25) is 10.3 Å². The summed E-state index contributed by atoms with van der Waals surface area (Å²) < 4.78 is 5.24. The van der Waals surface area contributed by atoms with E-state index in [1.807, 2.05) is 4.90 Å². The lowest BCUT2D eigenvalue weighted by Gasteiger charge is -2.31. The standard InChI is InChI=1S/C7H15N3O2/c8-7(9)4-10-1-2-12-6(3-10)5-11/h6,11H,1-5H2,(H3,8,9). The van der Waals surface area contributed by atoms with Crippen molar-refractivity contribution in [3.63, 3.8) is 0 Å². The second-order valence-electron chi connectivity index (χ2n) is 2.94. The molecular formula is C7H15N3O2. The fourth-order valence-electron chi connectivity index (χ4n) is 1.28. The van der Waals surface area contributed by atoms with Crippen molar-refractivity contribution in [2.24, 2.45) is 5.73 Å². The van der Waals surface area contributed by atoms with Crippen LogP contribution in [0.25, 0.3) is 0 Å². The molecule has 1 unspecified atom stereocenters. The number of aliphatic hydroxyl groups is 1. The molecule has 4 N–H and O–H groups in total. The Bertz CT molecular complexity index is 163. The van der Waals surface area contributed by atoms with Crippen LogP contribution in [0.15, 0.2) is 0 Å². The SMILES string of the molecule is N=C(N)CN1CCOC(CO)C1. The number of aliphatic hydroxyl groups excluding tert-OH is 1. The number of hydrogen-bond acceptors (Lipinski definition) is 4. The van der Waals surface area contributed by atoms with Crippen molar-refractivity contribution >= 4 is 5.84 Å². The number of ether oxygens (including phenoxy) is 1. The molecule has 0 saturated carbocycles. The second kappa shape index (κ2) is 4.39. The Kier molecular flexibility index (Phi) is 3.46. The number of nitrogens with zero attached hydrogens (tertiary/aromatic N) is 1. The minimum Gasteiger partial charge on any atom is -0.394 e. The normalized spacial score (nSPS) is 25.6. The molecule has 0 aromatic carbocycles. The fourth-order valence-corrected chi connectivity index (χ4v) is 1.28. The lowest BCUT2D eigenvalue weighted by molar-refractivity contribution is -0.0485. The smallest absolute Gasteiger partial charge is 0.105 e. The molecule has 0 aliphatic carbocycles. The van der Waals surface area contributed by atoms with Gasteiger partial charge in [0, 0.05) is 13.1 Å². The summed E-state index contributed by atoms with van der Waals surface area (Å²) >= 11 is 0. The molecular weight excluding hydrogens is 158 g/mol. The van der Waals surface area contributed by atoms with Gasteiger partial charge in [-0.2, -0.15) is 0 Å². The Labute approximate surface area is 71.6 Å². The van der Waals surface area contributed by atoms with Gasteiger partial charge in [0.05, 0.1) is 25.9 Å². The van der Waals surface area contributed by atoms with E-state index in [1.54, 1.807) is 0 Å². The van der Waals surface area contributed by atoms with Crippen LogP contribution < -0.4 is 5.73 Å². The summed E-state index contributed by atoms with van der Waals surface area (Å²) in [6.45, 7) is 2.57. The van der Waals surface area contributed by atoms with E-state index in [0.29, 0.717) is 19.7 Å². The van der Waals surface area contributed by atoms with Gasteiger partial charge in [-0.1, -0.05) is 0 Å². The third kappa shape index (κ3) is 2.77. The maximum absolute atomic E-state index is 8.81. The largest absolute Gasteiger partial charge is 0.394 e. The third-order valence-corrected chi connectivity index (χ3v) is 1.82. The molecule has 0 amide bonds. The highest BCUT2D eigenvalue weighted by Gasteiger charge is 2.19. The van der Waals surface area contributed by atoms with Gasteiger partial charge in [-0.05, 0) is 0 Å². The van der Waals surface area contributed by atoms with Crippen molar-refractivity contribution in [3.8, 4) is 0 Å². The van der Waals surface area contributed by atoms with E-state index in [-0.39, 0.29) is 18.5 Å². The molecule has 1 aliphatic heterocycles. The molecule has 1 saturated heterocycles. The lowest BCUT2D eigenvalue weighted by Crippen LogP contribution is -2.46. The van der Waals surface area contributed by atoms with Crippen molar-refractivity contribution in [2.75, 3.05) is 32.8 Å². The summed E-state index contributed by atoms with van der Waals surface area (Å²) in [5.41, 5.74) is 5.25. The third-order valence-electron chi connectivity index (χ3n) is 1.82. The minimum atomic E-state index is -0.113. The summed E-state index contributed by atoms with van der Waals surface area (Å²) in [6.07, 6.45) is -0.113. The van der Waals surface area contributed by atoms with Gasteiger partial charge < -0.3 is 15.6 Å². The van der Waals surface area contributed by atoms with Crippen LogP contribution in [0.1, 0.15) is 0 Å². The lowest BCUT2D eigenvalue weighted by atomic mass is 10.3. The predicted octanol–water partition coefficient (Wildman–Crippen LogP) is -1.38. The van der Waals surface area contributed by atoms with E-state index in [4.69, 9.17) is 21.0 Å². The minimum absolute atomic E-state index is 0.0361. The van der Waals surface area contributed by atoms with Crippen molar-refractivity contribution < 1.29 is 9.84 Å². The molecule has 1 aliphatic rings. The van der Waals surface area contributed by atoms with Gasteiger partial charge in [0.25, 0.3) is 0 Å². The van der Waals surface area contributed by atoms with Gasteiger partial charge in [0.15, 0.2) is 0 Å². The zero-order valence-electron chi connectivity index (χ0n) is 6.99. The monoisotopic (exact) mass is 173 g/mol. The number of amidine groups is 1. The second-order valence-corrected chi connectivity index (χ2v) is 2.94. The van der Waals surface area contributed by atoms with Crippen LogP contribution in [0.5, 0.6) is 0 Å². The molecule has 70 valence electrons. The molecule has 12 heavy (non-hydrogen) atoms. The molecule has 0 bridgehead atoms. The summed E-state index contributed by atoms with van der Waals surface area (Å²) in [6, 6.07) is 0. The molecule has 0 aromatic heterocycles. The molecule has 1 fully saturated rings. The summed E-state index contributed by atoms with van der Waals surface area (Å²) in [5, 5.41) is 15.9. The van der Waals surface area contributed by atoms with Crippen molar-refractivity contribution in [1.82, 2.24) is 4.90 Å². The average Bonchev–Trinajstić information content (AvgIpc) is 2.03. The van der Waals surface area contributed by atoms with Gasteiger partial charge in [0.1, 0.15) is 5.84 Å².